The summed E-state index contributed by atoms with van der Waals surface area (Å²) >= 11 is -0.854. The summed E-state index contributed by atoms with van der Waals surface area (Å²) in [5.74, 6) is 0.0892. The van der Waals surface area contributed by atoms with Gasteiger partial charge in [-0.15, -0.1) is 0 Å². The Hall–Kier alpha value is -1.73. The van der Waals surface area contributed by atoms with Crippen molar-refractivity contribution in [2.75, 3.05) is 30.1 Å². The van der Waals surface area contributed by atoms with Crippen molar-refractivity contribution in [1.29, 1.82) is 0 Å². The normalized spacial score (nSPS) is 21.2. The Labute approximate surface area is 132 Å². The van der Waals surface area contributed by atoms with Crippen molar-refractivity contribution in [3.63, 3.8) is 0 Å². The number of anilines is 1. The van der Waals surface area contributed by atoms with Crippen molar-refractivity contribution < 1.29 is 24.0 Å². The number of nitrogens with zero attached hydrogens (tertiary/aromatic N) is 1. The number of rotatable bonds is 5. The molecule has 0 unspecified atom stereocenters. The van der Waals surface area contributed by atoms with E-state index in [1.807, 2.05) is 0 Å². The largest absolute Gasteiger partial charge is 0.616 e. The van der Waals surface area contributed by atoms with Crippen molar-refractivity contribution in [2.45, 2.75) is 12.8 Å². The van der Waals surface area contributed by atoms with Crippen LogP contribution in [-0.2, 0) is 20.8 Å². The first-order valence-electron chi connectivity index (χ1n) is 7.03. The van der Waals surface area contributed by atoms with Crippen LogP contribution in [0.3, 0.4) is 0 Å². The van der Waals surface area contributed by atoms with Crippen molar-refractivity contribution >= 4 is 28.7 Å². The number of carbonyl (C=O) groups excluding carboxylic acids is 1. The maximum absolute atomic E-state index is 12.6. The van der Waals surface area contributed by atoms with Gasteiger partial charge in [-0.3, -0.25) is 9.59 Å². The van der Waals surface area contributed by atoms with Gasteiger partial charge in [-0.05, 0) is 24.3 Å². The van der Waals surface area contributed by atoms with Gasteiger partial charge in [-0.1, -0.05) is 11.2 Å². The maximum Gasteiger partial charge on any atom is 0.323 e. The molecule has 7 heteroatoms. The highest BCUT2D eigenvalue weighted by Crippen LogP contribution is 2.25. The summed E-state index contributed by atoms with van der Waals surface area (Å²) in [6, 6.07) is 6.71. The number of benzene rings is 1. The van der Waals surface area contributed by atoms with Gasteiger partial charge >= 0.3 is 5.97 Å². The number of ether oxygens (including phenoxy) is 1. The molecule has 1 amide bonds. The smallest absolute Gasteiger partial charge is 0.323 e. The van der Waals surface area contributed by atoms with Crippen LogP contribution in [0.5, 0.6) is 5.75 Å². The Balaban J connectivity index is 2.17. The second-order valence-corrected chi connectivity index (χ2v) is 6.83. The lowest BCUT2D eigenvalue weighted by Gasteiger charge is -2.29. The standard InChI is InChI=1S/C15H19NO5S/c1-21-13-4-2-12(3-5-13)16(10-14(17)18)15(19)11-6-8-22(20)9-7-11/h2-5,11H,6-10H2,1H3,(H,17,18). The van der Waals surface area contributed by atoms with Gasteiger partial charge < -0.3 is 19.3 Å². The van der Waals surface area contributed by atoms with E-state index in [2.05, 4.69) is 0 Å². The molecule has 0 radical (unpaired) electrons. The molecule has 6 nitrogen and oxygen atoms in total. The van der Waals surface area contributed by atoms with Crippen molar-refractivity contribution in [1.82, 2.24) is 0 Å². The van der Waals surface area contributed by atoms with E-state index in [0.717, 1.165) is 0 Å². The Kier molecular flexibility index (Phi) is 5.68. The van der Waals surface area contributed by atoms with Crippen LogP contribution in [0.2, 0.25) is 0 Å². The molecule has 0 saturated carbocycles. The van der Waals surface area contributed by atoms with E-state index in [4.69, 9.17) is 9.84 Å². The predicted molar refractivity (Wildman–Crippen MR) is 83.6 cm³/mol. The minimum absolute atomic E-state index is 0.218. The Morgan fingerprint density at radius 3 is 2.41 bits per heavy atom. The number of methoxy groups -OCH3 is 1. The van der Waals surface area contributed by atoms with Crippen LogP contribution in [0.25, 0.3) is 0 Å². The summed E-state index contributed by atoms with van der Waals surface area (Å²) in [5, 5.41) is 9.07. The van der Waals surface area contributed by atoms with Gasteiger partial charge in [0.25, 0.3) is 0 Å². The van der Waals surface area contributed by atoms with E-state index in [0.29, 0.717) is 35.8 Å². The summed E-state index contributed by atoms with van der Waals surface area (Å²) in [5.41, 5.74) is 0.528. The molecule has 120 valence electrons. The molecule has 1 fully saturated rings. The average Bonchev–Trinajstić information content (AvgIpc) is 2.53. The summed E-state index contributed by atoms with van der Waals surface area (Å²) in [7, 11) is 1.54. The molecule has 0 spiro atoms. The van der Waals surface area contributed by atoms with Crippen LogP contribution in [0.15, 0.2) is 24.3 Å². The lowest BCUT2D eigenvalue weighted by Crippen LogP contribution is -2.42. The molecule has 0 aliphatic carbocycles. The Morgan fingerprint density at radius 1 is 1.32 bits per heavy atom. The zero-order chi connectivity index (χ0) is 16.1. The predicted octanol–water partition coefficient (Wildman–Crippen LogP) is 1.27. The van der Waals surface area contributed by atoms with Gasteiger partial charge in [0.2, 0.25) is 5.91 Å². The van der Waals surface area contributed by atoms with Gasteiger partial charge in [-0.25, -0.2) is 0 Å². The van der Waals surface area contributed by atoms with Gasteiger partial charge in [0, 0.05) is 24.4 Å². The first-order chi connectivity index (χ1) is 10.5. The van der Waals surface area contributed by atoms with E-state index >= 15 is 0 Å². The zero-order valence-corrected chi connectivity index (χ0v) is 13.2. The molecule has 0 bridgehead atoms. The number of carbonyl (C=O) groups is 2. The first kappa shape index (κ1) is 16.6. The molecule has 22 heavy (non-hydrogen) atoms. The van der Waals surface area contributed by atoms with Gasteiger partial charge in [-0.2, -0.15) is 0 Å². The third-order valence-electron chi connectivity index (χ3n) is 3.68. The molecule has 0 atom stereocenters. The second-order valence-electron chi connectivity index (χ2n) is 5.14. The molecule has 1 aromatic rings. The van der Waals surface area contributed by atoms with Crippen molar-refractivity contribution in [3.8, 4) is 5.75 Å². The molecule has 1 aliphatic rings. The van der Waals surface area contributed by atoms with E-state index in [-0.39, 0.29) is 18.4 Å². The van der Waals surface area contributed by atoms with Crippen molar-refractivity contribution in [3.05, 3.63) is 24.3 Å². The topological polar surface area (TPSA) is 89.9 Å². The highest BCUT2D eigenvalue weighted by Gasteiger charge is 2.32. The van der Waals surface area contributed by atoms with Crippen LogP contribution >= 0.6 is 0 Å². The summed E-state index contributed by atoms with van der Waals surface area (Å²) < 4.78 is 16.5. The number of aliphatic carboxylic acids is 1. The highest BCUT2D eigenvalue weighted by atomic mass is 32.2. The number of carboxylic acid groups (broad SMARTS) is 1. The first-order valence-corrected chi connectivity index (χ1v) is 8.52. The fraction of sp³-hybridized carbons (Fsp3) is 0.467. The Morgan fingerprint density at radius 2 is 1.91 bits per heavy atom. The van der Waals surface area contributed by atoms with E-state index in [9.17, 15) is 14.1 Å². The lowest BCUT2D eigenvalue weighted by atomic mass is 10.0. The third-order valence-corrected chi connectivity index (χ3v) is 5.06. The summed E-state index contributed by atoms with van der Waals surface area (Å²) in [6.07, 6.45) is 1.08. The minimum Gasteiger partial charge on any atom is -0.616 e. The quantitative estimate of drug-likeness (QED) is 0.824. The highest BCUT2D eigenvalue weighted by molar-refractivity contribution is 7.91. The van der Waals surface area contributed by atoms with Crippen LogP contribution in [0.1, 0.15) is 12.8 Å². The molecule has 1 N–H and O–H groups in total. The number of hydrogen-bond donors (Lipinski definition) is 1. The zero-order valence-electron chi connectivity index (χ0n) is 12.4. The van der Waals surface area contributed by atoms with Gasteiger partial charge in [0.05, 0.1) is 7.11 Å². The molecule has 1 heterocycles. The summed E-state index contributed by atoms with van der Waals surface area (Å²) in [6.45, 7) is -0.384. The van der Waals surface area contributed by atoms with Gasteiger partial charge in [0.1, 0.15) is 23.8 Å². The number of carboxylic acids is 1. The number of hydrogen-bond acceptors (Lipinski definition) is 4. The minimum atomic E-state index is -1.07. The van der Waals surface area contributed by atoms with E-state index < -0.39 is 17.1 Å². The average molecular weight is 325 g/mol. The SMILES string of the molecule is COc1ccc(N(CC(=O)O)C(=O)C2CC[S+]([O-])CC2)cc1. The van der Waals surface area contributed by atoms with Crippen LogP contribution in [-0.4, -0.2) is 46.7 Å². The molecule has 0 aromatic heterocycles. The Bertz CT molecular complexity index is 525. The second kappa shape index (κ2) is 7.51. The molecule has 2 rings (SSSR count). The van der Waals surface area contributed by atoms with E-state index in [1.165, 1.54) is 12.0 Å². The number of amides is 1. The fourth-order valence-corrected chi connectivity index (χ4v) is 3.75. The lowest BCUT2D eigenvalue weighted by molar-refractivity contribution is -0.137. The van der Waals surface area contributed by atoms with Gasteiger partial charge in [0.15, 0.2) is 0 Å². The van der Waals surface area contributed by atoms with Crippen LogP contribution < -0.4 is 9.64 Å². The third kappa shape index (κ3) is 4.14. The molecular formula is C15H19NO5S. The van der Waals surface area contributed by atoms with Crippen LogP contribution in [0, 0.1) is 5.92 Å². The van der Waals surface area contributed by atoms with Crippen molar-refractivity contribution in [2.24, 2.45) is 5.92 Å². The molecular weight excluding hydrogens is 306 g/mol. The monoisotopic (exact) mass is 325 g/mol. The van der Waals surface area contributed by atoms with E-state index in [1.54, 1.807) is 24.3 Å². The molecule has 1 aliphatic heterocycles. The fourth-order valence-electron chi connectivity index (χ4n) is 2.46. The summed E-state index contributed by atoms with van der Waals surface area (Å²) in [4.78, 5) is 25.0. The van der Waals surface area contributed by atoms with Crippen LogP contribution in [0.4, 0.5) is 5.69 Å². The maximum atomic E-state index is 12.6. The molecule has 1 saturated heterocycles. The molecule has 1 aromatic carbocycles.